The third-order valence-electron chi connectivity index (χ3n) is 3.80. The lowest BCUT2D eigenvalue weighted by Crippen LogP contribution is -2.39. The molecule has 84 valence electrons. The molecule has 0 amide bonds. The van der Waals surface area contributed by atoms with Crippen LogP contribution in [0.5, 0.6) is 0 Å². The number of rotatable bonds is 2. The van der Waals surface area contributed by atoms with E-state index in [4.69, 9.17) is 0 Å². The Morgan fingerprint density at radius 3 is 2.67 bits per heavy atom. The van der Waals surface area contributed by atoms with Crippen molar-refractivity contribution in [3.8, 4) is 0 Å². The van der Waals surface area contributed by atoms with Crippen LogP contribution in [0.1, 0.15) is 40.5 Å². The molecule has 1 rings (SSSR count). The number of carbonyl (C=O) groups excluding carboxylic acids is 1. The highest BCUT2D eigenvalue weighted by Gasteiger charge is 2.42. The molecule has 1 heteroatoms. The number of allylic oxidation sites excluding steroid dienone is 3. The van der Waals surface area contributed by atoms with Gasteiger partial charge in [-0.1, -0.05) is 39.0 Å². The van der Waals surface area contributed by atoms with E-state index in [1.54, 1.807) is 6.08 Å². The molecule has 2 atom stereocenters. The zero-order chi connectivity index (χ0) is 11.6. The average molecular weight is 206 g/mol. The number of carbonyl (C=O) groups is 1. The van der Waals surface area contributed by atoms with Crippen LogP contribution in [-0.4, -0.2) is 5.78 Å². The minimum atomic E-state index is -0.0474. The Morgan fingerprint density at radius 1 is 1.53 bits per heavy atom. The number of hydrogen-bond donors (Lipinski definition) is 0. The van der Waals surface area contributed by atoms with Crippen molar-refractivity contribution in [2.45, 2.75) is 40.5 Å². The van der Waals surface area contributed by atoms with Gasteiger partial charge in [0.2, 0.25) is 0 Å². The van der Waals surface area contributed by atoms with Crippen molar-refractivity contribution in [1.29, 1.82) is 0 Å². The molecule has 1 saturated carbocycles. The minimum Gasteiger partial charge on any atom is -0.295 e. The van der Waals surface area contributed by atoms with Gasteiger partial charge in [-0.25, -0.2) is 0 Å². The Kier molecular flexibility index (Phi) is 3.54. The van der Waals surface area contributed by atoms with Crippen LogP contribution < -0.4 is 0 Å². The summed E-state index contributed by atoms with van der Waals surface area (Å²) in [4.78, 5) is 12.0. The van der Waals surface area contributed by atoms with Crippen molar-refractivity contribution in [2.75, 3.05) is 0 Å². The quantitative estimate of drug-likeness (QED) is 0.496. The second-order valence-electron chi connectivity index (χ2n) is 5.22. The van der Waals surface area contributed by atoms with Gasteiger partial charge in [-0.2, -0.15) is 0 Å². The molecule has 0 aromatic carbocycles. The summed E-state index contributed by atoms with van der Waals surface area (Å²) < 4.78 is 0. The molecule has 15 heavy (non-hydrogen) atoms. The summed E-state index contributed by atoms with van der Waals surface area (Å²) in [7, 11) is 0. The smallest absolute Gasteiger partial charge is 0.159 e. The van der Waals surface area contributed by atoms with Crippen molar-refractivity contribution in [3.05, 3.63) is 24.3 Å². The number of ketones is 1. The molecule has 1 aliphatic carbocycles. The molecule has 0 N–H and O–H groups in total. The van der Waals surface area contributed by atoms with Gasteiger partial charge >= 0.3 is 0 Å². The predicted molar refractivity (Wildman–Crippen MR) is 64.6 cm³/mol. The van der Waals surface area contributed by atoms with Gasteiger partial charge < -0.3 is 0 Å². The average Bonchev–Trinajstić information content (AvgIpc) is 2.12. The first kappa shape index (κ1) is 12.2. The molecule has 0 aromatic rings. The summed E-state index contributed by atoms with van der Waals surface area (Å²) in [5.41, 5.74) is 1.18. The predicted octanol–water partition coefficient (Wildman–Crippen LogP) is 3.76. The Morgan fingerprint density at radius 2 is 2.13 bits per heavy atom. The number of hydrogen-bond acceptors (Lipinski definition) is 1. The Bertz CT molecular complexity index is 296. The molecule has 0 aromatic heterocycles. The van der Waals surface area contributed by atoms with Crippen LogP contribution in [0.3, 0.4) is 0 Å². The monoisotopic (exact) mass is 206 g/mol. The molecule has 0 spiro atoms. The summed E-state index contributed by atoms with van der Waals surface area (Å²) in [6.45, 7) is 12.5. The van der Waals surface area contributed by atoms with Gasteiger partial charge in [0.1, 0.15) is 0 Å². The van der Waals surface area contributed by atoms with Crippen LogP contribution in [0.25, 0.3) is 0 Å². The van der Waals surface area contributed by atoms with Crippen LogP contribution >= 0.6 is 0 Å². The van der Waals surface area contributed by atoms with Gasteiger partial charge in [0, 0.05) is 5.92 Å². The zero-order valence-electron chi connectivity index (χ0n) is 10.3. The first-order valence-electron chi connectivity index (χ1n) is 5.76. The van der Waals surface area contributed by atoms with E-state index in [1.165, 1.54) is 5.57 Å². The van der Waals surface area contributed by atoms with E-state index < -0.39 is 0 Å². The van der Waals surface area contributed by atoms with Crippen LogP contribution in [0, 0.1) is 17.3 Å². The third kappa shape index (κ3) is 2.22. The second-order valence-corrected chi connectivity index (χ2v) is 5.22. The maximum absolute atomic E-state index is 12.0. The molecule has 1 fully saturated rings. The Balaban J connectivity index is 3.00. The minimum absolute atomic E-state index is 0.0474. The van der Waals surface area contributed by atoms with Crippen LogP contribution in [-0.2, 0) is 4.79 Å². The molecule has 0 radical (unpaired) electrons. The van der Waals surface area contributed by atoms with Crippen molar-refractivity contribution < 1.29 is 4.79 Å². The summed E-state index contributed by atoms with van der Waals surface area (Å²) >= 11 is 0. The maximum Gasteiger partial charge on any atom is 0.159 e. The summed E-state index contributed by atoms with van der Waals surface area (Å²) in [6.07, 6.45) is 5.70. The van der Waals surface area contributed by atoms with E-state index in [0.29, 0.717) is 5.92 Å². The van der Waals surface area contributed by atoms with Crippen molar-refractivity contribution in [3.63, 3.8) is 0 Å². The topological polar surface area (TPSA) is 17.1 Å². The van der Waals surface area contributed by atoms with Crippen LogP contribution in [0.2, 0.25) is 0 Å². The molecule has 1 nitrogen and oxygen atoms in total. The van der Waals surface area contributed by atoms with Gasteiger partial charge in [0.05, 0.1) is 0 Å². The van der Waals surface area contributed by atoms with Gasteiger partial charge in [0.15, 0.2) is 5.78 Å². The highest BCUT2D eigenvalue weighted by molar-refractivity contribution is 5.92. The van der Waals surface area contributed by atoms with Crippen LogP contribution in [0.4, 0.5) is 0 Å². The lowest BCUT2D eigenvalue weighted by atomic mass is 9.60. The Hall–Kier alpha value is -0.850. The summed E-state index contributed by atoms with van der Waals surface area (Å²) in [5.74, 6) is 0.833. The fourth-order valence-electron chi connectivity index (χ4n) is 2.73. The van der Waals surface area contributed by atoms with Gasteiger partial charge in [-0.3, -0.25) is 4.79 Å². The van der Waals surface area contributed by atoms with E-state index in [0.717, 1.165) is 12.8 Å². The Labute approximate surface area is 93.3 Å². The molecule has 0 heterocycles. The molecule has 0 aliphatic heterocycles. The van der Waals surface area contributed by atoms with Gasteiger partial charge in [-0.05, 0) is 37.2 Å². The molecule has 0 bridgehead atoms. The van der Waals surface area contributed by atoms with E-state index >= 15 is 0 Å². The third-order valence-corrected chi connectivity index (χ3v) is 3.80. The fourth-order valence-corrected chi connectivity index (χ4v) is 2.73. The van der Waals surface area contributed by atoms with Crippen molar-refractivity contribution in [1.82, 2.24) is 0 Å². The van der Waals surface area contributed by atoms with E-state index in [-0.39, 0.29) is 17.1 Å². The molecular formula is C14H22O. The first-order valence-corrected chi connectivity index (χ1v) is 5.76. The van der Waals surface area contributed by atoms with E-state index in [1.807, 2.05) is 13.0 Å². The lowest BCUT2D eigenvalue weighted by molar-refractivity contribution is -0.123. The van der Waals surface area contributed by atoms with Crippen molar-refractivity contribution in [2.24, 2.45) is 17.3 Å². The molecule has 0 saturated heterocycles. The fraction of sp³-hybridized carbons (Fsp3) is 0.643. The van der Waals surface area contributed by atoms with Crippen LogP contribution in [0.15, 0.2) is 24.3 Å². The lowest BCUT2D eigenvalue weighted by Gasteiger charge is -2.43. The maximum atomic E-state index is 12.0. The first-order chi connectivity index (χ1) is 6.91. The molecule has 1 aliphatic rings. The van der Waals surface area contributed by atoms with E-state index in [9.17, 15) is 4.79 Å². The largest absolute Gasteiger partial charge is 0.295 e. The van der Waals surface area contributed by atoms with Gasteiger partial charge in [0.25, 0.3) is 0 Å². The SMILES string of the molecule is C=C1CC[C@H](C)[C@H](C(=O)/C=C/C)C1(C)C. The zero-order valence-corrected chi connectivity index (χ0v) is 10.3. The van der Waals surface area contributed by atoms with Gasteiger partial charge in [-0.15, -0.1) is 0 Å². The highest BCUT2D eigenvalue weighted by Crippen LogP contribution is 2.47. The highest BCUT2D eigenvalue weighted by atomic mass is 16.1. The second kappa shape index (κ2) is 4.34. The van der Waals surface area contributed by atoms with E-state index in [2.05, 4.69) is 27.4 Å². The summed E-state index contributed by atoms with van der Waals surface area (Å²) in [6, 6.07) is 0. The summed E-state index contributed by atoms with van der Waals surface area (Å²) in [5, 5.41) is 0. The molecule has 0 unspecified atom stereocenters. The molecular weight excluding hydrogens is 184 g/mol. The normalized spacial score (nSPS) is 30.8. The standard InChI is InChI=1S/C14H22O/c1-6-7-12(15)13-10(2)8-9-11(3)14(13,4)5/h6-7,10,13H,3,8-9H2,1-2,4-5H3/b7-6+/t10-,13+/m0/s1. The van der Waals surface area contributed by atoms with Crippen molar-refractivity contribution >= 4 is 5.78 Å².